The second-order valence-corrected chi connectivity index (χ2v) is 9.08. The van der Waals surface area contributed by atoms with E-state index in [1.54, 1.807) is 0 Å². The lowest BCUT2D eigenvalue weighted by Gasteiger charge is -2.21. The van der Waals surface area contributed by atoms with Crippen LogP contribution in [0.5, 0.6) is 0 Å². The Hall–Kier alpha value is -0.0800. The maximum absolute atomic E-state index is 10.4. The molecule has 2 nitrogen and oxygen atoms in total. The summed E-state index contributed by atoms with van der Waals surface area (Å²) in [5.41, 5.74) is 0. The number of aldehydes is 1. The maximum Gasteiger partial charge on any atom is 0.137 e. The molecule has 1 fully saturated rings. The lowest BCUT2D eigenvalue weighted by Crippen LogP contribution is -2.17. The molecule has 0 aromatic rings. The predicted molar refractivity (Wildman–Crippen MR) is 118 cm³/mol. The van der Waals surface area contributed by atoms with Crippen molar-refractivity contribution < 1.29 is 9.53 Å². The zero-order valence-electron chi connectivity index (χ0n) is 17.8. The molecule has 1 unspecified atom stereocenters. The zero-order valence-corrected chi connectivity index (χ0v) is 18.5. The number of carbonyl (C=O) groups is 1. The smallest absolute Gasteiger partial charge is 0.137 e. The molecular weight excluding hydrogens is 356 g/mol. The first-order chi connectivity index (χ1) is 13.3. The Labute approximate surface area is 174 Å². The highest BCUT2D eigenvalue weighted by atomic mass is 35.5. The molecule has 0 bridgehead atoms. The Bertz CT molecular complexity index is 316. The van der Waals surface area contributed by atoms with Gasteiger partial charge < -0.3 is 9.53 Å². The van der Waals surface area contributed by atoms with Crippen LogP contribution in [-0.4, -0.2) is 24.4 Å². The average molecular weight is 401 g/mol. The van der Waals surface area contributed by atoms with Crippen LogP contribution in [0.3, 0.4) is 0 Å². The van der Waals surface area contributed by atoms with Crippen molar-refractivity contribution in [1.82, 2.24) is 0 Å². The summed E-state index contributed by atoms with van der Waals surface area (Å²) in [5, 5.41) is -0.264. The largest absolute Gasteiger partial charge is 0.378 e. The average Bonchev–Trinajstić information content (AvgIpc) is 2.70. The maximum atomic E-state index is 10.4. The van der Waals surface area contributed by atoms with Gasteiger partial charge in [-0.05, 0) is 25.7 Å². The number of halogens is 1. The summed E-state index contributed by atoms with van der Waals surface area (Å²) < 4.78 is 5.99. The molecule has 1 rings (SSSR count). The van der Waals surface area contributed by atoms with Gasteiger partial charge >= 0.3 is 0 Å². The molecule has 0 aliphatic heterocycles. The zero-order chi connectivity index (χ0) is 19.4. The molecule has 0 spiro atoms. The molecule has 1 atom stereocenters. The quantitative estimate of drug-likeness (QED) is 0.125. The molecule has 0 aromatic heterocycles. The Morgan fingerprint density at radius 3 is 1.63 bits per heavy atom. The monoisotopic (exact) mass is 400 g/mol. The highest BCUT2D eigenvalue weighted by Crippen LogP contribution is 2.20. The van der Waals surface area contributed by atoms with Crippen molar-refractivity contribution in [2.24, 2.45) is 0 Å². The first kappa shape index (κ1) is 25.0. The van der Waals surface area contributed by atoms with E-state index >= 15 is 0 Å². The predicted octanol–water partition coefficient (Wildman–Crippen LogP) is 7.99. The Morgan fingerprint density at radius 1 is 0.704 bits per heavy atom. The van der Waals surface area contributed by atoms with Crippen molar-refractivity contribution in [2.75, 3.05) is 6.61 Å². The molecule has 160 valence electrons. The van der Waals surface area contributed by atoms with E-state index in [4.69, 9.17) is 16.3 Å². The Balaban J connectivity index is 1.67. The molecule has 3 heteroatoms. The van der Waals surface area contributed by atoms with Gasteiger partial charge in [-0.15, -0.1) is 11.6 Å². The molecule has 1 aliphatic rings. The summed E-state index contributed by atoms with van der Waals surface area (Å²) in [5.74, 6) is 0. The van der Waals surface area contributed by atoms with E-state index in [0.29, 0.717) is 6.10 Å². The standard InChI is InChI=1S/C24H45ClO2/c25-23(22-26)18-14-11-9-7-5-3-1-2-4-6-8-10-12-17-21-27-24-19-15-13-16-20-24/h22-24H,1-21H2. The van der Waals surface area contributed by atoms with Crippen LogP contribution in [0, 0.1) is 0 Å². The van der Waals surface area contributed by atoms with Crippen molar-refractivity contribution in [3.63, 3.8) is 0 Å². The number of rotatable bonds is 19. The number of hydrogen-bond donors (Lipinski definition) is 0. The van der Waals surface area contributed by atoms with E-state index in [0.717, 1.165) is 25.7 Å². The number of unbranched alkanes of at least 4 members (excludes halogenated alkanes) is 13. The van der Waals surface area contributed by atoms with Gasteiger partial charge in [-0.25, -0.2) is 0 Å². The SMILES string of the molecule is O=CC(Cl)CCCCCCCCCCCCCCCCOC1CCCCC1. The lowest BCUT2D eigenvalue weighted by atomic mass is 9.98. The summed E-state index contributed by atoms with van der Waals surface area (Å²) in [7, 11) is 0. The lowest BCUT2D eigenvalue weighted by molar-refractivity contribution is -0.107. The summed E-state index contributed by atoms with van der Waals surface area (Å²) >= 11 is 5.79. The van der Waals surface area contributed by atoms with Gasteiger partial charge in [0.05, 0.1) is 11.5 Å². The number of alkyl halides is 1. The number of carbonyl (C=O) groups excluding carboxylic acids is 1. The van der Waals surface area contributed by atoms with Crippen molar-refractivity contribution in [3.8, 4) is 0 Å². The van der Waals surface area contributed by atoms with E-state index < -0.39 is 0 Å². The minimum atomic E-state index is -0.264. The molecule has 0 saturated heterocycles. The van der Waals surface area contributed by atoms with Crippen LogP contribution in [0.4, 0.5) is 0 Å². The topological polar surface area (TPSA) is 26.3 Å². The van der Waals surface area contributed by atoms with Crippen LogP contribution in [-0.2, 0) is 9.53 Å². The second-order valence-electron chi connectivity index (χ2n) is 8.52. The molecular formula is C24H45ClO2. The van der Waals surface area contributed by atoms with E-state index in [1.165, 1.54) is 116 Å². The minimum absolute atomic E-state index is 0.264. The van der Waals surface area contributed by atoms with Gasteiger partial charge in [0.25, 0.3) is 0 Å². The van der Waals surface area contributed by atoms with Crippen LogP contribution in [0.1, 0.15) is 128 Å². The Morgan fingerprint density at radius 2 is 1.15 bits per heavy atom. The van der Waals surface area contributed by atoms with Gasteiger partial charge in [0, 0.05) is 6.61 Å². The van der Waals surface area contributed by atoms with Gasteiger partial charge in [0.1, 0.15) is 6.29 Å². The minimum Gasteiger partial charge on any atom is -0.378 e. The number of hydrogen-bond acceptors (Lipinski definition) is 2. The molecule has 1 aliphatic carbocycles. The molecule has 0 radical (unpaired) electrons. The first-order valence-electron chi connectivity index (χ1n) is 12.0. The van der Waals surface area contributed by atoms with Gasteiger partial charge in [0.2, 0.25) is 0 Å². The van der Waals surface area contributed by atoms with Gasteiger partial charge in [-0.1, -0.05) is 103 Å². The fourth-order valence-corrected chi connectivity index (χ4v) is 4.27. The number of ether oxygens (including phenoxy) is 1. The molecule has 0 N–H and O–H groups in total. The third-order valence-corrected chi connectivity index (χ3v) is 6.25. The molecule has 0 aromatic carbocycles. The third-order valence-electron chi connectivity index (χ3n) is 5.93. The van der Waals surface area contributed by atoms with Crippen molar-refractivity contribution in [2.45, 2.75) is 140 Å². The van der Waals surface area contributed by atoms with Crippen molar-refractivity contribution in [3.05, 3.63) is 0 Å². The normalized spacial score (nSPS) is 16.5. The van der Waals surface area contributed by atoms with Gasteiger partial charge in [0.15, 0.2) is 0 Å². The van der Waals surface area contributed by atoms with Gasteiger partial charge in [-0.2, -0.15) is 0 Å². The highest BCUT2D eigenvalue weighted by molar-refractivity contribution is 6.27. The fourth-order valence-electron chi connectivity index (χ4n) is 4.11. The summed E-state index contributed by atoms with van der Waals surface area (Å²) in [4.78, 5) is 10.4. The van der Waals surface area contributed by atoms with Crippen LogP contribution < -0.4 is 0 Å². The summed E-state index contributed by atoms with van der Waals surface area (Å²) in [6.45, 7) is 0.994. The second kappa shape index (κ2) is 19.2. The molecule has 1 saturated carbocycles. The molecule has 0 heterocycles. The van der Waals surface area contributed by atoms with E-state index in [9.17, 15) is 4.79 Å². The van der Waals surface area contributed by atoms with Crippen molar-refractivity contribution >= 4 is 17.9 Å². The van der Waals surface area contributed by atoms with Crippen LogP contribution in [0.25, 0.3) is 0 Å². The van der Waals surface area contributed by atoms with E-state index in [2.05, 4.69) is 0 Å². The molecule has 27 heavy (non-hydrogen) atoms. The van der Waals surface area contributed by atoms with Gasteiger partial charge in [-0.3, -0.25) is 0 Å². The fraction of sp³-hybridized carbons (Fsp3) is 0.958. The third kappa shape index (κ3) is 16.6. The van der Waals surface area contributed by atoms with E-state index in [-0.39, 0.29) is 5.38 Å². The van der Waals surface area contributed by atoms with Crippen molar-refractivity contribution in [1.29, 1.82) is 0 Å². The molecule has 0 amide bonds. The highest BCUT2D eigenvalue weighted by Gasteiger charge is 2.12. The Kier molecular flexibility index (Phi) is 17.8. The summed E-state index contributed by atoms with van der Waals surface area (Å²) in [6.07, 6.45) is 27.9. The summed E-state index contributed by atoms with van der Waals surface area (Å²) in [6, 6.07) is 0. The van der Waals surface area contributed by atoms with Crippen LogP contribution in [0.2, 0.25) is 0 Å². The van der Waals surface area contributed by atoms with Crippen LogP contribution >= 0.6 is 11.6 Å². The first-order valence-corrected chi connectivity index (χ1v) is 12.5. The van der Waals surface area contributed by atoms with E-state index in [1.807, 2.05) is 0 Å². The van der Waals surface area contributed by atoms with Crippen LogP contribution in [0.15, 0.2) is 0 Å².